The van der Waals surface area contributed by atoms with Crippen LogP contribution in [0.2, 0.25) is 5.02 Å². The summed E-state index contributed by atoms with van der Waals surface area (Å²) in [5.74, 6) is -1.48. The monoisotopic (exact) mass is 377 g/mol. The maximum atomic E-state index is 13.6. The van der Waals surface area contributed by atoms with E-state index in [0.717, 1.165) is 6.07 Å². The lowest BCUT2D eigenvalue weighted by Crippen LogP contribution is -2.35. The van der Waals surface area contributed by atoms with E-state index in [9.17, 15) is 14.0 Å². The first-order valence-corrected chi connectivity index (χ1v) is 8.16. The molecule has 0 fully saturated rings. The number of benzene rings is 2. The first kappa shape index (κ1) is 19.4. The standard InChI is InChI=1S/C18H17ClFN3O3/c1-2-26-15-9-4-3-6-12(15)10-22-23-16(24)11-21-18(25)17-13(19)7-5-8-14(17)20/h3-10H,2,11H2,1H3,(H,21,25)(H,23,24)/b22-10+. The van der Waals surface area contributed by atoms with Gasteiger partial charge in [-0.2, -0.15) is 5.10 Å². The zero-order valence-electron chi connectivity index (χ0n) is 14.0. The third-order valence-corrected chi connectivity index (χ3v) is 3.53. The summed E-state index contributed by atoms with van der Waals surface area (Å²) in [6.07, 6.45) is 1.43. The van der Waals surface area contributed by atoms with Crippen LogP contribution < -0.4 is 15.5 Å². The van der Waals surface area contributed by atoms with Gasteiger partial charge >= 0.3 is 0 Å². The molecule has 0 unspecified atom stereocenters. The average molecular weight is 378 g/mol. The lowest BCUT2D eigenvalue weighted by molar-refractivity contribution is -0.120. The van der Waals surface area contributed by atoms with Crippen LogP contribution in [0.25, 0.3) is 0 Å². The summed E-state index contributed by atoms with van der Waals surface area (Å²) >= 11 is 5.79. The summed E-state index contributed by atoms with van der Waals surface area (Å²) in [6, 6.07) is 11.1. The van der Waals surface area contributed by atoms with E-state index in [2.05, 4.69) is 15.8 Å². The number of hydrogen-bond acceptors (Lipinski definition) is 4. The number of para-hydroxylation sites is 1. The summed E-state index contributed by atoms with van der Waals surface area (Å²) in [4.78, 5) is 23.7. The molecule has 8 heteroatoms. The second-order valence-corrected chi connectivity index (χ2v) is 5.45. The normalized spacial score (nSPS) is 10.6. The molecule has 26 heavy (non-hydrogen) atoms. The van der Waals surface area contributed by atoms with Gasteiger partial charge in [-0.15, -0.1) is 0 Å². The van der Waals surface area contributed by atoms with Gasteiger partial charge in [0.1, 0.15) is 11.6 Å². The summed E-state index contributed by atoms with van der Waals surface area (Å²) in [5.41, 5.74) is 2.65. The molecule has 2 aromatic carbocycles. The number of halogens is 2. The maximum Gasteiger partial charge on any atom is 0.259 e. The molecule has 0 spiro atoms. The van der Waals surface area contributed by atoms with E-state index in [-0.39, 0.29) is 17.1 Å². The van der Waals surface area contributed by atoms with Gasteiger partial charge in [-0.3, -0.25) is 9.59 Å². The molecule has 0 aliphatic carbocycles. The van der Waals surface area contributed by atoms with Crippen molar-refractivity contribution < 1.29 is 18.7 Å². The van der Waals surface area contributed by atoms with Crippen LogP contribution in [0.1, 0.15) is 22.8 Å². The predicted molar refractivity (Wildman–Crippen MR) is 97.1 cm³/mol. The van der Waals surface area contributed by atoms with Gasteiger partial charge in [-0.25, -0.2) is 9.82 Å². The lowest BCUT2D eigenvalue weighted by Gasteiger charge is -2.07. The van der Waals surface area contributed by atoms with Crippen LogP contribution in [0.5, 0.6) is 5.75 Å². The zero-order valence-corrected chi connectivity index (χ0v) is 14.7. The first-order valence-electron chi connectivity index (χ1n) is 7.79. The molecule has 0 saturated carbocycles. The Morgan fingerprint density at radius 1 is 1.23 bits per heavy atom. The summed E-state index contributed by atoms with van der Waals surface area (Å²) in [7, 11) is 0. The van der Waals surface area contributed by atoms with Gasteiger partial charge in [-0.05, 0) is 31.2 Å². The largest absolute Gasteiger partial charge is 0.493 e. The lowest BCUT2D eigenvalue weighted by atomic mass is 10.2. The third-order valence-electron chi connectivity index (χ3n) is 3.21. The van der Waals surface area contributed by atoms with Crippen molar-refractivity contribution in [3.63, 3.8) is 0 Å². The quantitative estimate of drug-likeness (QED) is 0.575. The van der Waals surface area contributed by atoms with Crippen LogP contribution in [0.4, 0.5) is 4.39 Å². The molecule has 2 N–H and O–H groups in total. The first-order chi connectivity index (χ1) is 12.5. The molecule has 2 rings (SSSR count). The molecule has 0 aliphatic rings. The third kappa shape index (κ3) is 5.29. The van der Waals surface area contributed by atoms with E-state index >= 15 is 0 Å². The topological polar surface area (TPSA) is 79.8 Å². The van der Waals surface area contributed by atoms with Crippen molar-refractivity contribution in [3.8, 4) is 5.75 Å². The number of rotatable bonds is 7. The molecule has 0 saturated heterocycles. The van der Waals surface area contributed by atoms with Crippen molar-refractivity contribution in [1.29, 1.82) is 0 Å². The van der Waals surface area contributed by atoms with Gasteiger partial charge < -0.3 is 10.1 Å². The van der Waals surface area contributed by atoms with E-state index in [4.69, 9.17) is 16.3 Å². The molecule has 0 radical (unpaired) electrons. The number of carbonyl (C=O) groups is 2. The Morgan fingerprint density at radius 3 is 2.73 bits per heavy atom. The highest BCUT2D eigenvalue weighted by atomic mass is 35.5. The van der Waals surface area contributed by atoms with Crippen molar-refractivity contribution in [2.24, 2.45) is 5.10 Å². The van der Waals surface area contributed by atoms with Gasteiger partial charge in [0.05, 0.1) is 30.0 Å². The Balaban J connectivity index is 1.89. The molecule has 0 atom stereocenters. The van der Waals surface area contributed by atoms with Crippen LogP contribution in [0.3, 0.4) is 0 Å². The van der Waals surface area contributed by atoms with Gasteiger partial charge in [0.25, 0.3) is 11.8 Å². The molecule has 6 nitrogen and oxygen atoms in total. The molecule has 136 valence electrons. The molecule has 2 amide bonds. The predicted octanol–water partition coefficient (Wildman–Crippen LogP) is 2.76. The molecular formula is C18H17ClFN3O3. The van der Waals surface area contributed by atoms with Crippen molar-refractivity contribution in [2.45, 2.75) is 6.92 Å². The highest BCUT2D eigenvalue weighted by Gasteiger charge is 2.16. The fraction of sp³-hybridized carbons (Fsp3) is 0.167. The molecular weight excluding hydrogens is 361 g/mol. The second kappa shape index (κ2) is 9.53. The Morgan fingerprint density at radius 2 is 2.00 bits per heavy atom. The van der Waals surface area contributed by atoms with Crippen molar-refractivity contribution in [1.82, 2.24) is 10.7 Å². The van der Waals surface area contributed by atoms with Gasteiger partial charge in [0, 0.05) is 5.56 Å². The van der Waals surface area contributed by atoms with Crippen LogP contribution in [0.15, 0.2) is 47.6 Å². The fourth-order valence-electron chi connectivity index (χ4n) is 2.05. The Labute approximate surface area is 155 Å². The second-order valence-electron chi connectivity index (χ2n) is 5.04. The van der Waals surface area contributed by atoms with Crippen LogP contribution >= 0.6 is 11.6 Å². The average Bonchev–Trinajstić information content (AvgIpc) is 2.61. The maximum absolute atomic E-state index is 13.6. The van der Waals surface area contributed by atoms with Crippen molar-refractivity contribution >= 4 is 29.6 Å². The molecule has 0 aliphatic heterocycles. The SMILES string of the molecule is CCOc1ccccc1/C=N/NC(=O)CNC(=O)c1c(F)cccc1Cl. The summed E-state index contributed by atoms with van der Waals surface area (Å²) in [5, 5.41) is 6.07. The minimum atomic E-state index is -0.783. The van der Waals surface area contributed by atoms with E-state index in [0.29, 0.717) is 17.9 Å². The molecule has 0 bridgehead atoms. The Bertz CT molecular complexity index is 807. The van der Waals surface area contributed by atoms with Crippen LogP contribution in [0, 0.1) is 5.82 Å². The van der Waals surface area contributed by atoms with E-state index in [1.807, 2.05) is 19.1 Å². The van der Waals surface area contributed by atoms with E-state index < -0.39 is 17.6 Å². The number of carbonyl (C=O) groups excluding carboxylic acids is 2. The summed E-state index contributed by atoms with van der Waals surface area (Å²) in [6.45, 7) is 1.98. The van der Waals surface area contributed by atoms with Gasteiger partial charge in [-0.1, -0.05) is 29.8 Å². The highest BCUT2D eigenvalue weighted by Crippen LogP contribution is 2.18. The zero-order chi connectivity index (χ0) is 18.9. The number of ether oxygens (including phenoxy) is 1. The van der Waals surface area contributed by atoms with Crippen LogP contribution in [-0.2, 0) is 4.79 Å². The molecule has 0 heterocycles. The van der Waals surface area contributed by atoms with Gasteiger partial charge in [0.15, 0.2) is 0 Å². The van der Waals surface area contributed by atoms with E-state index in [1.165, 1.54) is 18.3 Å². The fourth-order valence-corrected chi connectivity index (χ4v) is 2.30. The molecule has 0 aromatic heterocycles. The number of amides is 2. The summed E-state index contributed by atoms with van der Waals surface area (Å²) < 4.78 is 19.1. The van der Waals surface area contributed by atoms with Gasteiger partial charge in [0.2, 0.25) is 0 Å². The van der Waals surface area contributed by atoms with E-state index in [1.54, 1.807) is 12.1 Å². The minimum Gasteiger partial charge on any atom is -0.493 e. The highest BCUT2D eigenvalue weighted by molar-refractivity contribution is 6.33. The minimum absolute atomic E-state index is 0.0338. The Kier molecular flexibility index (Phi) is 7.11. The smallest absolute Gasteiger partial charge is 0.259 e. The van der Waals surface area contributed by atoms with Crippen molar-refractivity contribution in [3.05, 3.63) is 64.4 Å². The molecule has 2 aromatic rings. The number of nitrogens with zero attached hydrogens (tertiary/aromatic N) is 1. The Hall–Kier alpha value is -2.93. The number of hydrazone groups is 1. The van der Waals surface area contributed by atoms with Crippen LogP contribution in [-0.4, -0.2) is 31.2 Å². The number of nitrogens with one attached hydrogen (secondary N) is 2. The number of hydrogen-bond donors (Lipinski definition) is 2. The van der Waals surface area contributed by atoms with Crippen molar-refractivity contribution in [2.75, 3.05) is 13.2 Å².